The molecular formula is C13H19BrN2O2S. The predicted octanol–water partition coefficient (Wildman–Crippen LogP) is 4.61. The molecule has 19 heavy (non-hydrogen) atoms. The number of anilines is 1. The van der Waals surface area contributed by atoms with Gasteiger partial charge in [0.25, 0.3) is 5.69 Å². The number of thioether (sulfide) groups is 1. The highest BCUT2D eigenvalue weighted by Gasteiger charge is 2.13. The van der Waals surface area contributed by atoms with E-state index < -0.39 is 0 Å². The summed E-state index contributed by atoms with van der Waals surface area (Å²) in [7, 11) is 0. The summed E-state index contributed by atoms with van der Waals surface area (Å²) < 4.78 is 0.744. The monoisotopic (exact) mass is 346 g/mol. The van der Waals surface area contributed by atoms with Crippen molar-refractivity contribution in [2.75, 3.05) is 23.9 Å². The normalized spacial score (nSPS) is 10.5. The molecule has 0 heterocycles. The van der Waals surface area contributed by atoms with Crippen molar-refractivity contribution in [1.29, 1.82) is 0 Å². The summed E-state index contributed by atoms with van der Waals surface area (Å²) in [4.78, 5) is 10.5. The van der Waals surface area contributed by atoms with E-state index in [9.17, 15) is 10.1 Å². The van der Waals surface area contributed by atoms with Gasteiger partial charge in [-0.25, -0.2) is 0 Å². The fourth-order valence-corrected chi connectivity index (χ4v) is 2.74. The van der Waals surface area contributed by atoms with Crippen LogP contribution in [0.5, 0.6) is 0 Å². The third-order valence-corrected chi connectivity index (χ3v) is 4.18. The average Bonchev–Trinajstić information content (AvgIpc) is 2.36. The SMILES string of the molecule is CSCCCCCNc1cc(C)c([N+](=O)[O-])cc1Br. The van der Waals surface area contributed by atoms with E-state index in [0.29, 0.717) is 5.56 Å². The van der Waals surface area contributed by atoms with Gasteiger partial charge >= 0.3 is 0 Å². The second kappa shape index (κ2) is 8.43. The molecule has 0 amide bonds. The number of unbranched alkanes of at least 4 members (excludes halogenated alkanes) is 2. The van der Waals surface area contributed by atoms with E-state index >= 15 is 0 Å². The highest BCUT2D eigenvalue weighted by atomic mass is 79.9. The van der Waals surface area contributed by atoms with Gasteiger partial charge in [-0.2, -0.15) is 11.8 Å². The zero-order valence-electron chi connectivity index (χ0n) is 11.2. The third kappa shape index (κ3) is 5.40. The van der Waals surface area contributed by atoms with E-state index in [2.05, 4.69) is 27.5 Å². The Labute approximate surface area is 126 Å². The Morgan fingerprint density at radius 1 is 1.37 bits per heavy atom. The Hall–Kier alpha value is -0.750. The standard InChI is InChI=1S/C13H19BrN2O2S/c1-10-8-12(11(14)9-13(10)16(17)18)15-6-4-3-5-7-19-2/h8-9,15H,3-7H2,1-2H3. The fraction of sp³-hybridized carbons (Fsp3) is 0.538. The number of benzene rings is 1. The van der Waals surface area contributed by atoms with Crippen molar-refractivity contribution in [3.05, 3.63) is 32.3 Å². The first-order valence-electron chi connectivity index (χ1n) is 6.23. The van der Waals surface area contributed by atoms with Crippen LogP contribution in [0.1, 0.15) is 24.8 Å². The number of halogens is 1. The van der Waals surface area contributed by atoms with Crippen molar-refractivity contribution in [3.8, 4) is 0 Å². The summed E-state index contributed by atoms with van der Waals surface area (Å²) in [5, 5.41) is 14.1. The lowest BCUT2D eigenvalue weighted by molar-refractivity contribution is -0.385. The molecule has 4 nitrogen and oxygen atoms in total. The van der Waals surface area contributed by atoms with Crippen LogP contribution >= 0.6 is 27.7 Å². The summed E-state index contributed by atoms with van der Waals surface area (Å²) in [6.45, 7) is 2.65. The Kier molecular flexibility index (Phi) is 7.23. The molecule has 0 fully saturated rings. The number of hydrogen-bond donors (Lipinski definition) is 1. The lowest BCUT2D eigenvalue weighted by Gasteiger charge is -2.09. The summed E-state index contributed by atoms with van der Waals surface area (Å²) >= 11 is 5.25. The van der Waals surface area contributed by atoms with Crippen molar-refractivity contribution >= 4 is 39.1 Å². The zero-order chi connectivity index (χ0) is 14.3. The largest absolute Gasteiger partial charge is 0.384 e. The number of nitrogens with zero attached hydrogens (tertiary/aromatic N) is 1. The third-order valence-electron chi connectivity index (χ3n) is 2.82. The topological polar surface area (TPSA) is 55.2 Å². The van der Waals surface area contributed by atoms with Gasteiger partial charge in [0.15, 0.2) is 0 Å². The molecule has 0 atom stereocenters. The summed E-state index contributed by atoms with van der Waals surface area (Å²) in [6, 6.07) is 3.38. The van der Waals surface area contributed by atoms with Crippen LogP contribution in [0.2, 0.25) is 0 Å². The molecule has 0 bridgehead atoms. The molecule has 0 aromatic heterocycles. The smallest absolute Gasteiger partial charge is 0.273 e. The quantitative estimate of drug-likeness (QED) is 0.424. The van der Waals surface area contributed by atoms with Crippen LogP contribution in [0.15, 0.2) is 16.6 Å². The highest BCUT2D eigenvalue weighted by molar-refractivity contribution is 9.10. The Balaban J connectivity index is 2.50. The Morgan fingerprint density at radius 3 is 2.74 bits per heavy atom. The Morgan fingerprint density at radius 2 is 2.11 bits per heavy atom. The van der Waals surface area contributed by atoms with Gasteiger partial charge in [0.1, 0.15) is 0 Å². The van der Waals surface area contributed by atoms with Gasteiger partial charge in [-0.1, -0.05) is 6.42 Å². The van der Waals surface area contributed by atoms with Crippen molar-refractivity contribution in [2.45, 2.75) is 26.2 Å². The van der Waals surface area contributed by atoms with Gasteiger partial charge in [0.05, 0.1) is 4.92 Å². The first-order valence-corrected chi connectivity index (χ1v) is 8.42. The molecule has 1 aromatic carbocycles. The summed E-state index contributed by atoms with van der Waals surface area (Å²) in [6.07, 6.45) is 5.68. The molecule has 0 spiro atoms. The second-order valence-corrected chi connectivity index (χ2v) is 6.20. The van der Waals surface area contributed by atoms with Crippen LogP contribution in [-0.4, -0.2) is 23.5 Å². The van der Waals surface area contributed by atoms with Crippen LogP contribution in [0.4, 0.5) is 11.4 Å². The molecule has 6 heteroatoms. The molecule has 1 rings (SSSR count). The number of hydrogen-bond acceptors (Lipinski definition) is 4. The van der Waals surface area contributed by atoms with Crippen LogP contribution in [0, 0.1) is 17.0 Å². The maximum absolute atomic E-state index is 10.8. The molecule has 0 aliphatic rings. The molecule has 0 aliphatic carbocycles. The van der Waals surface area contributed by atoms with Crippen molar-refractivity contribution in [2.24, 2.45) is 0 Å². The van der Waals surface area contributed by atoms with Gasteiger partial charge < -0.3 is 5.32 Å². The number of nitro benzene ring substituents is 1. The first kappa shape index (κ1) is 16.3. The Bertz CT molecular complexity index is 441. The van der Waals surface area contributed by atoms with E-state index in [0.717, 1.165) is 23.1 Å². The van der Waals surface area contributed by atoms with E-state index in [1.165, 1.54) is 18.6 Å². The van der Waals surface area contributed by atoms with Crippen molar-refractivity contribution in [3.63, 3.8) is 0 Å². The molecule has 0 aliphatic heterocycles. The van der Waals surface area contributed by atoms with Gasteiger partial charge in [0, 0.05) is 28.3 Å². The molecule has 0 saturated heterocycles. The maximum Gasteiger partial charge on any atom is 0.273 e. The average molecular weight is 347 g/mol. The zero-order valence-corrected chi connectivity index (χ0v) is 13.6. The molecule has 1 aromatic rings. The van der Waals surface area contributed by atoms with Crippen molar-refractivity contribution < 1.29 is 4.92 Å². The number of rotatable bonds is 8. The molecule has 1 N–H and O–H groups in total. The van der Waals surface area contributed by atoms with Gasteiger partial charge in [-0.3, -0.25) is 10.1 Å². The first-order chi connectivity index (χ1) is 9.06. The highest BCUT2D eigenvalue weighted by Crippen LogP contribution is 2.30. The van der Waals surface area contributed by atoms with E-state index in [-0.39, 0.29) is 10.6 Å². The minimum atomic E-state index is -0.355. The van der Waals surface area contributed by atoms with Crippen LogP contribution in [0.3, 0.4) is 0 Å². The van der Waals surface area contributed by atoms with Gasteiger partial charge in [-0.05, 0) is 53.8 Å². The van der Waals surface area contributed by atoms with E-state index in [1.807, 2.05) is 17.8 Å². The minimum Gasteiger partial charge on any atom is -0.384 e. The predicted molar refractivity (Wildman–Crippen MR) is 86.3 cm³/mol. The van der Waals surface area contributed by atoms with E-state index in [1.54, 1.807) is 13.0 Å². The molecule has 0 saturated carbocycles. The van der Waals surface area contributed by atoms with Crippen LogP contribution in [-0.2, 0) is 0 Å². The van der Waals surface area contributed by atoms with Gasteiger partial charge in [0.2, 0.25) is 0 Å². The van der Waals surface area contributed by atoms with Crippen molar-refractivity contribution in [1.82, 2.24) is 0 Å². The minimum absolute atomic E-state index is 0.150. The van der Waals surface area contributed by atoms with Crippen LogP contribution < -0.4 is 5.32 Å². The fourth-order valence-electron chi connectivity index (χ4n) is 1.77. The maximum atomic E-state index is 10.8. The lowest BCUT2D eigenvalue weighted by Crippen LogP contribution is -2.03. The molecular weight excluding hydrogens is 328 g/mol. The molecule has 0 unspecified atom stereocenters. The molecule has 0 radical (unpaired) electrons. The van der Waals surface area contributed by atoms with Crippen LogP contribution in [0.25, 0.3) is 0 Å². The number of aryl methyl sites for hydroxylation is 1. The summed E-state index contributed by atoms with van der Waals surface area (Å²) in [5.41, 5.74) is 1.75. The number of nitro groups is 1. The summed E-state index contributed by atoms with van der Waals surface area (Å²) in [5.74, 6) is 1.21. The second-order valence-electron chi connectivity index (χ2n) is 4.36. The molecule has 106 valence electrons. The number of nitrogens with one attached hydrogen (secondary N) is 1. The van der Waals surface area contributed by atoms with E-state index in [4.69, 9.17) is 0 Å². The van der Waals surface area contributed by atoms with Gasteiger partial charge in [-0.15, -0.1) is 0 Å². The lowest BCUT2D eigenvalue weighted by atomic mass is 10.1.